The second-order valence-electron chi connectivity index (χ2n) is 7.13. The molecule has 27 heavy (non-hydrogen) atoms. The van der Waals surface area contributed by atoms with Gasteiger partial charge in [-0.2, -0.15) is 0 Å². The number of benzene rings is 3. The Morgan fingerprint density at radius 1 is 0.963 bits per heavy atom. The number of hydrogen-bond acceptors (Lipinski definition) is 3. The zero-order chi connectivity index (χ0) is 18.8. The number of esters is 1. The molecule has 2 heterocycles. The van der Waals surface area contributed by atoms with Crippen molar-refractivity contribution in [3.8, 4) is 11.1 Å². The number of halogens is 1. The summed E-state index contributed by atoms with van der Waals surface area (Å²) in [6.07, 6.45) is -0.131. The number of hydrogen-bond donors (Lipinski definition) is 0. The van der Waals surface area contributed by atoms with Crippen molar-refractivity contribution in [2.24, 2.45) is 0 Å². The van der Waals surface area contributed by atoms with Crippen molar-refractivity contribution in [1.29, 1.82) is 0 Å². The molecule has 2 unspecified atom stereocenters. The fraction of sp³-hybridized carbons (Fsp3) is 0.174. The zero-order valence-electron chi connectivity index (χ0n) is 15.0. The molecular weight excluding hydrogens is 343 g/mol. The van der Waals surface area contributed by atoms with Crippen LogP contribution in [0.15, 0.2) is 60.7 Å². The van der Waals surface area contributed by atoms with Crippen molar-refractivity contribution in [1.82, 2.24) is 0 Å². The summed E-state index contributed by atoms with van der Waals surface area (Å²) in [5, 5.41) is 0. The Labute approximate surface area is 156 Å². The van der Waals surface area contributed by atoms with Crippen LogP contribution in [0.25, 0.3) is 11.1 Å². The first-order valence-corrected chi connectivity index (χ1v) is 8.82. The number of carbonyl (C=O) groups excluding carboxylic acids is 1. The van der Waals surface area contributed by atoms with Crippen LogP contribution < -0.4 is 0 Å². The second-order valence-corrected chi connectivity index (χ2v) is 7.13. The van der Waals surface area contributed by atoms with Gasteiger partial charge in [0.1, 0.15) is 17.5 Å². The number of rotatable bonds is 2. The van der Waals surface area contributed by atoms with Crippen LogP contribution in [0.1, 0.15) is 45.6 Å². The van der Waals surface area contributed by atoms with Crippen molar-refractivity contribution in [3.63, 3.8) is 0 Å². The highest BCUT2D eigenvalue weighted by Gasteiger charge is 2.51. The molecule has 2 aliphatic heterocycles. The first-order valence-electron chi connectivity index (χ1n) is 8.82. The molecule has 0 saturated heterocycles. The Bertz CT molecular complexity index is 1090. The minimum atomic E-state index is -0.616. The van der Waals surface area contributed by atoms with E-state index >= 15 is 0 Å². The minimum Gasteiger partial charge on any atom is -0.465 e. The van der Waals surface area contributed by atoms with Crippen molar-refractivity contribution in [3.05, 3.63) is 94.3 Å². The normalized spacial score (nSPS) is 21.7. The maximum Gasteiger partial charge on any atom is 0.337 e. The Morgan fingerprint density at radius 2 is 1.59 bits per heavy atom. The molecule has 2 aliphatic rings. The summed E-state index contributed by atoms with van der Waals surface area (Å²) >= 11 is 0. The predicted octanol–water partition coefficient (Wildman–Crippen LogP) is 4.98. The third kappa shape index (κ3) is 2.20. The third-order valence-corrected chi connectivity index (χ3v) is 5.65. The lowest BCUT2D eigenvalue weighted by Crippen LogP contribution is -2.21. The largest absolute Gasteiger partial charge is 0.465 e. The molecule has 2 atom stereocenters. The second kappa shape index (κ2) is 5.51. The SMILES string of the molecule is COC(=O)c1ccc2c(c1)C1(C)OC2c2ccc(-c3ccc(F)cc3)cc21. The number of carbonyl (C=O) groups is 1. The lowest BCUT2D eigenvalue weighted by molar-refractivity contribution is 0.00900. The van der Waals surface area contributed by atoms with Gasteiger partial charge in [0.05, 0.1) is 12.7 Å². The summed E-state index contributed by atoms with van der Waals surface area (Å²) in [5.41, 5.74) is 6.18. The fourth-order valence-corrected chi connectivity index (χ4v) is 4.27. The van der Waals surface area contributed by atoms with Gasteiger partial charge in [0, 0.05) is 0 Å². The zero-order valence-corrected chi connectivity index (χ0v) is 15.0. The molecule has 3 nitrogen and oxygen atoms in total. The van der Waals surface area contributed by atoms with Crippen molar-refractivity contribution < 1.29 is 18.7 Å². The van der Waals surface area contributed by atoms with Crippen LogP contribution in [0.2, 0.25) is 0 Å². The van der Waals surface area contributed by atoms with E-state index in [1.54, 1.807) is 18.2 Å². The molecule has 0 aromatic heterocycles. The number of ether oxygens (including phenoxy) is 2. The lowest BCUT2D eigenvalue weighted by Gasteiger charge is -2.25. The first-order chi connectivity index (χ1) is 13.0. The van der Waals surface area contributed by atoms with E-state index in [-0.39, 0.29) is 17.9 Å². The quantitative estimate of drug-likeness (QED) is 0.605. The van der Waals surface area contributed by atoms with Gasteiger partial charge in [0.25, 0.3) is 0 Å². The lowest BCUT2D eigenvalue weighted by atomic mass is 9.77. The minimum absolute atomic E-state index is 0.131. The molecule has 0 fully saturated rings. The number of methoxy groups -OCH3 is 1. The molecule has 134 valence electrons. The highest BCUT2D eigenvalue weighted by atomic mass is 19.1. The van der Waals surface area contributed by atoms with E-state index in [0.29, 0.717) is 5.56 Å². The summed E-state index contributed by atoms with van der Waals surface area (Å²) in [6.45, 7) is 2.03. The molecule has 0 saturated carbocycles. The Balaban J connectivity index is 1.63. The van der Waals surface area contributed by atoms with Gasteiger partial charge in [-0.25, -0.2) is 9.18 Å². The summed E-state index contributed by atoms with van der Waals surface area (Å²) in [5.74, 6) is -0.608. The van der Waals surface area contributed by atoms with Crippen LogP contribution in [0.3, 0.4) is 0 Å². The van der Waals surface area contributed by atoms with Crippen LogP contribution in [0.4, 0.5) is 4.39 Å². The van der Waals surface area contributed by atoms with Crippen molar-refractivity contribution in [2.75, 3.05) is 7.11 Å². The molecule has 0 amide bonds. The highest BCUT2D eigenvalue weighted by Crippen LogP contribution is 2.58. The highest BCUT2D eigenvalue weighted by molar-refractivity contribution is 5.90. The van der Waals surface area contributed by atoms with Gasteiger partial charge in [0.15, 0.2) is 0 Å². The molecule has 5 rings (SSSR count). The average molecular weight is 360 g/mol. The molecular formula is C23H17FO3. The van der Waals surface area contributed by atoms with E-state index in [1.807, 2.05) is 25.1 Å². The summed E-state index contributed by atoms with van der Waals surface area (Å²) in [4.78, 5) is 11.9. The average Bonchev–Trinajstić information content (AvgIpc) is 3.17. The van der Waals surface area contributed by atoms with Crippen LogP contribution in [0, 0.1) is 5.82 Å². The van der Waals surface area contributed by atoms with Gasteiger partial charge in [-0.3, -0.25) is 0 Å². The van der Waals surface area contributed by atoms with Gasteiger partial charge < -0.3 is 9.47 Å². The molecule has 0 spiro atoms. The van der Waals surface area contributed by atoms with Crippen molar-refractivity contribution >= 4 is 5.97 Å². The summed E-state index contributed by atoms with van der Waals surface area (Å²) < 4.78 is 24.5. The van der Waals surface area contributed by atoms with Crippen LogP contribution in [0.5, 0.6) is 0 Å². The van der Waals surface area contributed by atoms with Crippen LogP contribution in [-0.2, 0) is 15.1 Å². The van der Waals surface area contributed by atoms with E-state index in [9.17, 15) is 9.18 Å². The predicted molar refractivity (Wildman–Crippen MR) is 99.0 cm³/mol. The Kier molecular flexibility index (Phi) is 3.31. The van der Waals surface area contributed by atoms with E-state index in [4.69, 9.17) is 9.47 Å². The smallest absolute Gasteiger partial charge is 0.337 e. The van der Waals surface area contributed by atoms with Gasteiger partial charge in [-0.1, -0.05) is 30.3 Å². The standard InChI is InChI=1S/C23H17FO3/c1-23-19-11-14(13-3-7-16(24)8-4-13)5-9-17(19)21(27-23)18-10-6-15(12-20(18)23)22(25)26-2/h3-12,21H,1-2H3. The maximum absolute atomic E-state index is 13.2. The molecule has 2 bridgehead atoms. The monoisotopic (exact) mass is 360 g/mol. The summed E-state index contributed by atoms with van der Waals surface area (Å²) in [6, 6.07) is 18.3. The maximum atomic E-state index is 13.2. The molecule has 0 N–H and O–H groups in total. The molecule has 0 radical (unpaired) electrons. The van der Waals surface area contributed by atoms with Crippen molar-refractivity contribution in [2.45, 2.75) is 18.6 Å². The molecule has 3 aromatic carbocycles. The Morgan fingerprint density at radius 3 is 2.30 bits per heavy atom. The van der Waals surface area contributed by atoms with E-state index in [1.165, 1.54) is 19.2 Å². The van der Waals surface area contributed by atoms with Crippen LogP contribution >= 0.6 is 0 Å². The number of fused-ring (bicyclic) bond motifs is 8. The Hall–Kier alpha value is -2.98. The van der Waals surface area contributed by atoms with E-state index in [2.05, 4.69) is 12.1 Å². The molecule has 4 heteroatoms. The van der Waals surface area contributed by atoms with Gasteiger partial charge in [-0.15, -0.1) is 0 Å². The fourth-order valence-electron chi connectivity index (χ4n) is 4.27. The van der Waals surface area contributed by atoms with Gasteiger partial charge in [0.2, 0.25) is 0 Å². The van der Waals surface area contributed by atoms with E-state index < -0.39 is 5.60 Å². The van der Waals surface area contributed by atoms with Gasteiger partial charge in [-0.05, 0) is 70.6 Å². The van der Waals surface area contributed by atoms with Crippen LogP contribution in [-0.4, -0.2) is 13.1 Å². The molecule has 3 aromatic rings. The summed E-state index contributed by atoms with van der Waals surface area (Å²) in [7, 11) is 1.38. The topological polar surface area (TPSA) is 35.5 Å². The molecule has 0 aliphatic carbocycles. The first kappa shape index (κ1) is 16.2. The van der Waals surface area contributed by atoms with E-state index in [0.717, 1.165) is 33.4 Å². The third-order valence-electron chi connectivity index (χ3n) is 5.65. The van der Waals surface area contributed by atoms with Gasteiger partial charge >= 0.3 is 5.97 Å².